The minimum absolute atomic E-state index is 0.0270. The van der Waals surface area contributed by atoms with Gasteiger partial charge in [0.1, 0.15) is 5.78 Å². The third kappa shape index (κ3) is 4.78. The van der Waals surface area contributed by atoms with Crippen molar-refractivity contribution in [3.8, 4) is 0 Å². The lowest BCUT2D eigenvalue weighted by molar-refractivity contribution is -0.121. The Morgan fingerprint density at radius 2 is 1.43 bits per heavy atom. The summed E-state index contributed by atoms with van der Waals surface area (Å²) in [7, 11) is 0. The molecule has 0 N–H and O–H groups in total. The molecule has 0 aliphatic rings. The maximum Gasteiger partial charge on any atom is 0.273 e. The van der Waals surface area contributed by atoms with Crippen molar-refractivity contribution in [1.82, 2.24) is 0 Å². The van der Waals surface area contributed by atoms with Crippen LogP contribution >= 0.6 is 0 Å². The molecule has 0 aliphatic carbocycles. The third-order valence-corrected chi connectivity index (χ3v) is 3.45. The van der Waals surface area contributed by atoms with Gasteiger partial charge in [-0.3, -0.25) is 4.79 Å². The molecular weight excluding hydrogens is 270 g/mol. The molecule has 110 valence electrons. The van der Waals surface area contributed by atoms with Gasteiger partial charge >= 0.3 is 0 Å². The van der Waals surface area contributed by atoms with Gasteiger partial charge in [0.25, 0.3) is 5.92 Å². The minimum atomic E-state index is -2.94. The zero-order valence-electron chi connectivity index (χ0n) is 11.8. The average molecular weight is 288 g/mol. The summed E-state index contributed by atoms with van der Waals surface area (Å²) >= 11 is 0. The summed E-state index contributed by atoms with van der Waals surface area (Å²) in [5.74, 6) is -3.06. The second-order valence-corrected chi connectivity index (χ2v) is 5.09. The molecule has 1 nitrogen and oxygen atoms in total. The molecular formula is C18H18F2O. The van der Waals surface area contributed by atoms with Crippen molar-refractivity contribution in [2.45, 2.75) is 31.6 Å². The van der Waals surface area contributed by atoms with E-state index in [1.54, 1.807) is 18.2 Å². The number of ketones is 1. The van der Waals surface area contributed by atoms with Gasteiger partial charge in [-0.05, 0) is 12.0 Å². The van der Waals surface area contributed by atoms with E-state index < -0.39 is 12.3 Å². The Labute approximate surface area is 123 Å². The van der Waals surface area contributed by atoms with Crippen LogP contribution in [0.15, 0.2) is 60.7 Å². The van der Waals surface area contributed by atoms with Gasteiger partial charge in [-0.2, -0.15) is 0 Å². The fourth-order valence-electron chi connectivity index (χ4n) is 2.18. The number of aryl methyl sites for hydroxylation is 1. The summed E-state index contributed by atoms with van der Waals surface area (Å²) in [6, 6.07) is 17.3. The van der Waals surface area contributed by atoms with Crippen LogP contribution in [0.1, 0.15) is 30.4 Å². The van der Waals surface area contributed by atoms with Crippen LogP contribution < -0.4 is 0 Å². The van der Waals surface area contributed by atoms with Crippen LogP contribution in [0.2, 0.25) is 0 Å². The fourth-order valence-corrected chi connectivity index (χ4v) is 2.18. The van der Waals surface area contributed by atoms with E-state index in [-0.39, 0.29) is 17.8 Å². The number of hydrogen-bond acceptors (Lipinski definition) is 1. The molecule has 21 heavy (non-hydrogen) atoms. The molecule has 0 radical (unpaired) electrons. The maximum atomic E-state index is 13.9. The van der Waals surface area contributed by atoms with E-state index in [4.69, 9.17) is 0 Å². The predicted octanol–water partition coefficient (Wildman–Crippen LogP) is 4.76. The van der Waals surface area contributed by atoms with Crippen molar-refractivity contribution in [3.05, 3.63) is 71.8 Å². The van der Waals surface area contributed by atoms with E-state index in [9.17, 15) is 13.6 Å². The number of rotatable bonds is 7. The van der Waals surface area contributed by atoms with Gasteiger partial charge in [0.05, 0.1) is 0 Å². The Balaban J connectivity index is 1.81. The second-order valence-electron chi connectivity index (χ2n) is 5.09. The molecule has 0 atom stereocenters. The summed E-state index contributed by atoms with van der Waals surface area (Å²) in [5, 5.41) is 0. The summed E-state index contributed by atoms with van der Waals surface area (Å²) in [6.45, 7) is 0. The Morgan fingerprint density at radius 1 is 0.857 bits per heavy atom. The lowest BCUT2D eigenvalue weighted by atomic mass is 9.99. The zero-order chi connectivity index (χ0) is 15.1. The number of Topliss-reactive ketones (excluding diaryl/α,β-unsaturated/α-hetero) is 1. The van der Waals surface area contributed by atoms with Gasteiger partial charge in [0.15, 0.2) is 0 Å². The lowest BCUT2D eigenvalue weighted by Gasteiger charge is -2.16. The molecule has 3 heteroatoms. The second kappa shape index (κ2) is 7.11. The van der Waals surface area contributed by atoms with Crippen LogP contribution in [-0.2, 0) is 17.1 Å². The Kier molecular flexibility index (Phi) is 5.20. The van der Waals surface area contributed by atoms with Gasteiger partial charge in [-0.25, -0.2) is 8.78 Å². The molecule has 2 rings (SSSR count). The summed E-state index contributed by atoms with van der Waals surface area (Å²) in [5.41, 5.74) is 1.03. The molecule has 0 saturated carbocycles. The van der Waals surface area contributed by atoms with Gasteiger partial charge in [-0.15, -0.1) is 0 Å². The SMILES string of the molecule is O=C(CCc1ccccc1)CCC(F)(F)c1ccccc1. The molecule has 0 spiro atoms. The van der Waals surface area contributed by atoms with Crippen LogP contribution in [-0.4, -0.2) is 5.78 Å². The molecule has 2 aromatic carbocycles. The highest BCUT2D eigenvalue weighted by Crippen LogP contribution is 2.32. The molecule has 0 unspecified atom stereocenters. The molecule has 0 heterocycles. The van der Waals surface area contributed by atoms with Crippen molar-refractivity contribution in [2.24, 2.45) is 0 Å². The maximum absolute atomic E-state index is 13.9. The number of halogens is 2. The third-order valence-electron chi connectivity index (χ3n) is 3.45. The van der Waals surface area contributed by atoms with Crippen LogP contribution in [0.4, 0.5) is 8.78 Å². The van der Waals surface area contributed by atoms with Crippen LogP contribution in [0.25, 0.3) is 0 Å². The van der Waals surface area contributed by atoms with E-state index >= 15 is 0 Å². The number of carbonyl (C=O) groups excluding carboxylic acids is 1. The summed E-state index contributed by atoms with van der Waals surface area (Å²) in [6.07, 6.45) is 0.408. The van der Waals surface area contributed by atoms with E-state index in [2.05, 4.69) is 0 Å². The lowest BCUT2D eigenvalue weighted by Crippen LogP contribution is -2.15. The Bertz CT molecular complexity index is 564. The van der Waals surface area contributed by atoms with Crippen molar-refractivity contribution < 1.29 is 13.6 Å². The molecule has 2 aromatic rings. The van der Waals surface area contributed by atoms with Gasteiger partial charge in [0.2, 0.25) is 0 Å². The Morgan fingerprint density at radius 3 is 2.05 bits per heavy atom. The van der Waals surface area contributed by atoms with Crippen molar-refractivity contribution in [1.29, 1.82) is 0 Å². The molecule has 0 aromatic heterocycles. The number of benzene rings is 2. The highest BCUT2D eigenvalue weighted by atomic mass is 19.3. The number of alkyl halides is 2. The Hall–Kier alpha value is -2.03. The smallest absolute Gasteiger partial charge is 0.273 e. The highest BCUT2D eigenvalue weighted by Gasteiger charge is 2.31. The molecule has 0 fully saturated rings. The van der Waals surface area contributed by atoms with E-state index in [0.717, 1.165) is 5.56 Å². The first-order chi connectivity index (χ1) is 10.1. The quantitative estimate of drug-likeness (QED) is 0.718. The summed E-state index contributed by atoms with van der Waals surface area (Å²) in [4.78, 5) is 11.8. The first kappa shape index (κ1) is 15.4. The van der Waals surface area contributed by atoms with Crippen molar-refractivity contribution >= 4 is 5.78 Å². The standard InChI is InChI=1S/C18H18F2O/c19-18(20,16-9-5-2-6-10-16)14-13-17(21)12-11-15-7-3-1-4-8-15/h1-10H,11-14H2. The first-order valence-electron chi connectivity index (χ1n) is 7.07. The summed E-state index contributed by atoms with van der Waals surface area (Å²) < 4.78 is 27.9. The van der Waals surface area contributed by atoms with E-state index in [1.165, 1.54) is 12.1 Å². The van der Waals surface area contributed by atoms with E-state index in [0.29, 0.717) is 12.8 Å². The van der Waals surface area contributed by atoms with Gasteiger partial charge < -0.3 is 0 Å². The highest BCUT2D eigenvalue weighted by molar-refractivity contribution is 5.78. The normalized spacial score (nSPS) is 11.3. The van der Waals surface area contributed by atoms with E-state index in [1.807, 2.05) is 30.3 Å². The number of carbonyl (C=O) groups is 1. The monoisotopic (exact) mass is 288 g/mol. The van der Waals surface area contributed by atoms with Gasteiger partial charge in [-0.1, -0.05) is 60.7 Å². The topological polar surface area (TPSA) is 17.1 Å². The molecule has 0 amide bonds. The molecule has 0 bridgehead atoms. The average Bonchev–Trinajstić information content (AvgIpc) is 2.53. The minimum Gasteiger partial charge on any atom is -0.300 e. The van der Waals surface area contributed by atoms with Crippen molar-refractivity contribution in [2.75, 3.05) is 0 Å². The zero-order valence-corrected chi connectivity index (χ0v) is 11.8. The first-order valence-corrected chi connectivity index (χ1v) is 7.07. The number of hydrogen-bond donors (Lipinski definition) is 0. The van der Waals surface area contributed by atoms with Crippen LogP contribution in [0.5, 0.6) is 0 Å². The van der Waals surface area contributed by atoms with Crippen LogP contribution in [0, 0.1) is 0 Å². The fraction of sp³-hybridized carbons (Fsp3) is 0.278. The molecule has 0 aliphatic heterocycles. The van der Waals surface area contributed by atoms with Crippen LogP contribution in [0.3, 0.4) is 0 Å². The predicted molar refractivity (Wildman–Crippen MR) is 79.3 cm³/mol. The largest absolute Gasteiger partial charge is 0.300 e. The van der Waals surface area contributed by atoms with Gasteiger partial charge in [0, 0.05) is 24.8 Å². The molecule has 0 saturated heterocycles. The van der Waals surface area contributed by atoms with Crippen molar-refractivity contribution in [3.63, 3.8) is 0 Å².